The molecule has 35 heavy (non-hydrogen) atoms. The highest BCUT2D eigenvalue weighted by Gasteiger charge is 2.21. The summed E-state index contributed by atoms with van der Waals surface area (Å²) in [5, 5.41) is 1.17. The van der Waals surface area contributed by atoms with Gasteiger partial charge in [0.05, 0.1) is 41.1 Å². The number of benzene rings is 3. The van der Waals surface area contributed by atoms with Gasteiger partial charge in [0.1, 0.15) is 5.75 Å². The molecule has 2 heterocycles. The number of methoxy groups -OCH3 is 1. The Labute approximate surface area is 206 Å². The van der Waals surface area contributed by atoms with Gasteiger partial charge < -0.3 is 4.74 Å². The second-order valence-corrected chi connectivity index (χ2v) is 9.27. The lowest BCUT2D eigenvalue weighted by atomic mass is 10.1. The lowest BCUT2D eigenvalue weighted by Crippen LogP contribution is -2.32. The number of nitrogens with zero attached hydrogens (tertiary/aromatic N) is 4. The maximum atomic E-state index is 13.5. The van der Waals surface area contributed by atoms with Crippen molar-refractivity contribution in [3.8, 4) is 5.75 Å². The van der Waals surface area contributed by atoms with Crippen LogP contribution in [0, 0.1) is 6.92 Å². The van der Waals surface area contributed by atoms with E-state index in [4.69, 9.17) is 9.72 Å². The number of hydrogen-bond acceptors (Lipinski definition) is 6. The SMILES string of the molecule is COc1ccc2nc(N(Cc3ccccc3)C(=O)CCn3cnc4c(C)cccc4c3=O)sc2c1. The van der Waals surface area contributed by atoms with Gasteiger partial charge in [0.2, 0.25) is 5.91 Å². The van der Waals surface area contributed by atoms with Gasteiger partial charge >= 0.3 is 0 Å². The predicted molar refractivity (Wildman–Crippen MR) is 139 cm³/mol. The second-order valence-electron chi connectivity index (χ2n) is 8.26. The Morgan fingerprint density at radius 2 is 1.91 bits per heavy atom. The van der Waals surface area contributed by atoms with E-state index in [0.717, 1.165) is 27.1 Å². The van der Waals surface area contributed by atoms with Crippen molar-refractivity contribution < 1.29 is 9.53 Å². The van der Waals surface area contributed by atoms with Crippen molar-refractivity contribution in [3.05, 3.63) is 94.5 Å². The molecule has 0 saturated carbocycles. The van der Waals surface area contributed by atoms with Crippen LogP contribution in [-0.2, 0) is 17.9 Å². The van der Waals surface area contributed by atoms with Crippen LogP contribution in [0.4, 0.5) is 5.13 Å². The molecule has 0 saturated heterocycles. The Balaban J connectivity index is 1.44. The third kappa shape index (κ3) is 4.65. The Morgan fingerprint density at radius 1 is 1.09 bits per heavy atom. The molecule has 2 aromatic heterocycles. The topological polar surface area (TPSA) is 77.3 Å². The molecule has 5 aromatic rings. The van der Waals surface area contributed by atoms with Gasteiger partial charge in [-0.05, 0) is 42.3 Å². The number of carbonyl (C=O) groups is 1. The zero-order chi connectivity index (χ0) is 24.4. The molecule has 0 fully saturated rings. The number of para-hydroxylation sites is 1. The first kappa shape index (κ1) is 22.7. The molecule has 0 aliphatic rings. The Bertz CT molecular complexity index is 1580. The first-order chi connectivity index (χ1) is 17.0. The molecule has 0 spiro atoms. The first-order valence-electron chi connectivity index (χ1n) is 11.3. The molecule has 3 aromatic carbocycles. The number of rotatable bonds is 7. The number of carbonyl (C=O) groups excluding carboxylic acids is 1. The van der Waals surface area contributed by atoms with Gasteiger partial charge in [0.15, 0.2) is 5.13 Å². The average molecular weight is 485 g/mol. The minimum Gasteiger partial charge on any atom is -0.497 e. The monoisotopic (exact) mass is 484 g/mol. The summed E-state index contributed by atoms with van der Waals surface area (Å²) in [4.78, 5) is 37.3. The zero-order valence-corrected chi connectivity index (χ0v) is 20.3. The van der Waals surface area contributed by atoms with Crippen LogP contribution < -0.4 is 15.2 Å². The van der Waals surface area contributed by atoms with Crippen molar-refractivity contribution in [2.45, 2.75) is 26.4 Å². The van der Waals surface area contributed by atoms with E-state index >= 15 is 0 Å². The van der Waals surface area contributed by atoms with Crippen molar-refractivity contribution in [3.63, 3.8) is 0 Å². The standard InChI is InChI=1S/C27H24N4O3S/c1-18-7-6-10-21-25(18)28-17-30(26(21)33)14-13-24(32)31(16-19-8-4-3-5-9-19)27-29-22-12-11-20(34-2)15-23(22)35-27/h3-12,15,17H,13-14,16H2,1-2H3. The van der Waals surface area contributed by atoms with Crippen molar-refractivity contribution in [2.24, 2.45) is 0 Å². The molecule has 0 aliphatic heterocycles. The third-order valence-electron chi connectivity index (χ3n) is 5.92. The summed E-state index contributed by atoms with van der Waals surface area (Å²) in [6.07, 6.45) is 1.67. The van der Waals surface area contributed by atoms with Crippen molar-refractivity contribution in [1.82, 2.24) is 14.5 Å². The maximum Gasteiger partial charge on any atom is 0.261 e. The molecule has 0 aliphatic carbocycles. The minimum atomic E-state index is -0.145. The van der Waals surface area contributed by atoms with Crippen molar-refractivity contribution >= 4 is 43.5 Å². The van der Waals surface area contributed by atoms with Crippen LogP contribution in [0.1, 0.15) is 17.5 Å². The number of thiazole rings is 1. The highest BCUT2D eigenvalue weighted by atomic mass is 32.1. The van der Waals surface area contributed by atoms with E-state index in [1.54, 1.807) is 18.1 Å². The summed E-state index contributed by atoms with van der Waals surface area (Å²) in [6, 6.07) is 21.0. The summed E-state index contributed by atoms with van der Waals surface area (Å²) in [7, 11) is 1.62. The van der Waals surface area contributed by atoms with Gasteiger partial charge in [0.25, 0.3) is 5.56 Å². The molecule has 0 unspecified atom stereocenters. The normalized spacial score (nSPS) is 11.1. The Hall–Kier alpha value is -4.04. The summed E-state index contributed by atoms with van der Waals surface area (Å²) in [5.74, 6) is 0.628. The van der Waals surface area contributed by atoms with E-state index in [1.807, 2.05) is 67.6 Å². The van der Waals surface area contributed by atoms with Crippen LogP contribution in [0.25, 0.3) is 21.1 Å². The van der Waals surface area contributed by atoms with Gasteiger partial charge in [-0.2, -0.15) is 0 Å². The lowest BCUT2D eigenvalue weighted by Gasteiger charge is -2.20. The number of amides is 1. The van der Waals surface area contributed by atoms with Gasteiger partial charge in [-0.3, -0.25) is 19.1 Å². The molecule has 0 bridgehead atoms. The van der Waals surface area contributed by atoms with E-state index < -0.39 is 0 Å². The van der Waals surface area contributed by atoms with Crippen molar-refractivity contribution in [1.29, 1.82) is 0 Å². The number of ether oxygens (including phenoxy) is 1. The number of fused-ring (bicyclic) bond motifs is 2. The largest absolute Gasteiger partial charge is 0.497 e. The number of anilines is 1. The summed E-state index contributed by atoms with van der Waals surface area (Å²) >= 11 is 1.44. The average Bonchev–Trinajstić information content (AvgIpc) is 3.30. The Kier molecular flexibility index (Phi) is 6.29. The molecule has 8 heteroatoms. The van der Waals surface area contributed by atoms with Crippen LogP contribution in [0.3, 0.4) is 0 Å². The quantitative estimate of drug-likeness (QED) is 0.327. The van der Waals surface area contributed by atoms with E-state index in [2.05, 4.69) is 4.98 Å². The van der Waals surface area contributed by atoms with E-state index in [0.29, 0.717) is 22.6 Å². The van der Waals surface area contributed by atoms with Crippen LogP contribution in [0.2, 0.25) is 0 Å². The summed E-state index contributed by atoms with van der Waals surface area (Å²) in [6.45, 7) is 2.55. The highest BCUT2D eigenvalue weighted by Crippen LogP contribution is 2.32. The molecule has 176 valence electrons. The lowest BCUT2D eigenvalue weighted by molar-refractivity contribution is -0.119. The fraction of sp³-hybridized carbons (Fsp3) is 0.185. The first-order valence-corrected chi connectivity index (χ1v) is 12.1. The second kappa shape index (κ2) is 9.68. The molecule has 0 N–H and O–H groups in total. The molecule has 1 amide bonds. The van der Waals surface area contributed by atoms with Gasteiger partial charge in [-0.1, -0.05) is 53.8 Å². The van der Waals surface area contributed by atoms with Crippen LogP contribution in [0.5, 0.6) is 5.75 Å². The van der Waals surface area contributed by atoms with Crippen LogP contribution in [0.15, 0.2) is 77.9 Å². The van der Waals surface area contributed by atoms with Crippen LogP contribution in [-0.4, -0.2) is 27.6 Å². The molecule has 7 nitrogen and oxygen atoms in total. The molecular weight excluding hydrogens is 460 g/mol. The summed E-state index contributed by atoms with van der Waals surface area (Å²) in [5.41, 5.74) is 3.30. The smallest absolute Gasteiger partial charge is 0.261 e. The minimum absolute atomic E-state index is 0.115. The summed E-state index contributed by atoms with van der Waals surface area (Å²) < 4.78 is 7.78. The molecule has 0 radical (unpaired) electrons. The van der Waals surface area contributed by atoms with Gasteiger partial charge in [-0.25, -0.2) is 9.97 Å². The van der Waals surface area contributed by atoms with Gasteiger partial charge in [0, 0.05) is 13.0 Å². The zero-order valence-electron chi connectivity index (χ0n) is 19.5. The fourth-order valence-electron chi connectivity index (χ4n) is 4.01. The van der Waals surface area contributed by atoms with E-state index in [9.17, 15) is 9.59 Å². The van der Waals surface area contributed by atoms with Gasteiger partial charge in [-0.15, -0.1) is 0 Å². The number of aryl methyl sites for hydroxylation is 2. The molecular formula is C27H24N4O3S. The third-order valence-corrected chi connectivity index (χ3v) is 6.96. The molecule has 5 rings (SSSR count). The van der Waals surface area contributed by atoms with E-state index in [-0.39, 0.29) is 24.4 Å². The van der Waals surface area contributed by atoms with Crippen LogP contribution >= 0.6 is 11.3 Å². The maximum absolute atomic E-state index is 13.5. The Morgan fingerprint density at radius 3 is 2.71 bits per heavy atom. The fourth-order valence-corrected chi connectivity index (χ4v) is 5.02. The van der Waals surface area contributed by atoms with Crippen molar-refractivity contribution in [2.75, 3.05) is 12.0 Å². The molecule has 0 atom stereocenters. The predicted octanol–water partition coefficient (Wildman–Crippen LogP) is 4.95. The number of aromatic nitrogens is 3. The highest BCUT2D eigenvalue weighted by molar-refractivity contribution is 7.22. The number of hydrogen-bond donors (Lipinski definition) is 0. The van der Waals surface area contributed by atoms with E-state index in [1.165, 1.54) is 22.2 Å².